The van der Waals surface area contributed by atoms with Crippen molar-refractivity contribution in [2.24, 2.45) is 0 Å². The summed E-state index contributed by atoms with van der Waals surface area (Å²) in [6, 6.07) is 33.7. The highest BCUT2D eigenvalue weighted by molar-refractivity contribution is 7.21. The predicted molar refractivity (Wildman–Crippen MR) is 125 cm³/mol. The maximum absolute atomic E-state index is 12.9. The van der Waals surface area contributed by atoms with Crippen LogP contribution in [0.4, 0.5) is 5.69 Å². The molecule has 0 radical (unpaired) electrons. The van der Waals surface area contributed by atoms with Crippen LogP contribution in [0.5, 0.6) is 0 Å². The third kappa shape index (κ3) is 3.61. The van der Waals surface area contributed by atoms with Crippen molar-refractivity contribution in [3.8, 4) is 21.7 Å². The molecule has 0 fully saturated rings. The number of thiazole rings is 1. The van der Waals surface area contributed by atoms with Crippen molar-refractivity contribution in [2.75, 3.05) is 5.32 Å². The second kappa shape index (κ2) is 7.93. The zero-order chi connectivity index (χ0) is 20.3. The Bertz CT molecular complexity index is 1290. The Morgan fingerprint density at radius 3 is 2.17 bits per heavy atom. The van der Waals surface area contributed by atoms with E-state index in [-0.39, 0.29) is 5.91 Å². The Labute approximate surface area is 178 Å². The first-order valence-electron chi connectivity index (χ1n) is 9.70. The highest BCUT2D eigenvalue weighted by Gasteiger charge is 2.13. The quantitative estimate of drug-likeness (QED) is 0.353. The molecule has 5 aromatic rings. The first-order valence-corrected chi connectivity index (χ1v) is 10.5. The number of carbonyl (C=O) groups is 1. The minimum atomic E-state index is -0.136. The molecule has 1 heterocycles. The summed E-state index contributed by atoms with van der Waals surface area (Å²) in [5, 5.41) is 3.95. The summed E-state index contributed by atoms with van der Waals surface area (Å²) in [5.41, 5.74) is 5.48. The standard InChI is InChI=1S/C26H18N2OS/c29-25(20-16-14-19(15-17-20)18-8-2-1-3-9-18)27-22-11-5-4-10-21(22)26-28-23-12-6-7-13-24(23)30-26/h1-17H,(H,27,29). The largest absolute Gasteiger partial charge is 0.321 e. The van der Waals surface area contributed by atoms with Gasteiger partial charge in [-0.1, -0.05) is 66.7 Å². The number of rotatable bonds is 4. The normalized spacial score (nSPS) is 10.8. The molecule has 144 valence electrons. The predicted octanol–water partition coefficient (Wildman–Crippen LogP) is 6.88. The van der Waals surface area contributed by atoms with Gasteiger partial charge in [0.15, 0.2) is 0 Å². The van der Waals surface area contributed by atoms with Gasteiger partial charge < -0.3 is 5.32 Å². The van der Waals surface area contributed by atoms with Crippen LogP contribution in [0.2, 0.25) is 0 Å². The summed E-state index contributed by atoms with van der Waals surface area (Å²) < 4.78 is 1.13. The van der Waals surface area contributed by atoms with Crippen LogP contribution < -0.4 is 5.32 Å². The zero-order valence-electron chi connectivity index (χ0n) is 16.1. The number of hydrogen-bond acceptors (Lipinski definition) is 3. The van der Waals surface area contributed by atoms with Crippen molar-refractivity contribution < 1.29 is 4.79 Å². The number of nitrogens with zero attached hydrogens (tertiary/aromatic N) is 1. The number of benzene rings is 4. The molecule has 30 heavy (non-hydrogen) atoms. The van der Waals surface area contributed by atoms with E-state index in [0.717, 1.165) is 37.6 Å². The molecular weight excluding hydrogens is 388 g/mol. The Morgan fingerprint density at radius 2 is 1.37 bits per heavy atom. The molecule has 4 aromatic carbocycles. The number of para-hydroxylation sites is 2. The Kier molecular flexibility index (Phi) is 4.83. The fourth-order valence-electron chi connectivity index (χ4n) is 3.41. The Balaban J connectivity index is 1.41. The van der Waals surface area contributed by atoms with E-state index >= 15 is 0 Å². The number of anilines is 1. The van der Waals surface area contributed by atoms with Crippen LogP contribution in [0.3, 0.4) is 0 Å². The number of hydrogen-bond donors (Lipinski definition) is 1. The lowest BCUT2D eigenvalue weighted by Crippen LogP contribution is -2.12. The summed E-state index contributed by atoms with van der Waals surface area (Å²) in [7, 11) is 0. The van der Waals surface area contributed by atoms with Crippen molar-refractivity contribution in [3.63, 3.8) is 0 Å². The minimum absolute atomic E-state index is 0.136. The van der Waals surface area contributed by atoms with E-state index in [1.807, 2.05) is 84.9 Å². The molecule has 0 bridgehead atoms. The van der Waals surface area contributed by atoms with Crippen LogP contribution in [-0.4, -0.2) is 10.9 Å². The van der Waals surface area contributed by atoms with Crippen LogP contribution >= 0.6 is 11.3 Å². The topological polar surface area (TPSA) is 42.0 Å². The smallest absolute Gasteiger partial charge is 0.255 e. The molecule has 0 atom stereocenters. The summed E-state index contributed by atoms with van der Waals surface area (Å²) in [4.78, 5) is 17.6. The first-order chi connectivity index (χ1) is 14.8. The fourth-order valence-corrected chi connectivity index (χ4v) is 4.41. The van der Waals surface area contributed by atoms with Gasteiger partial charge in [-0.05, 0) is 47.5 Å². The van der Waals surface area contributed by atoms with E-state index in [1.54, 1.807) is 11.3 Å². The van der Waals surface area contributed by atoms with E-state index in [1.165, 1.54) is 0 Å². The minimum Gasteiger partial charge on any atom is -0.321 e. The highest BCUT2D eigenvalue weighted by atomic mass is 32.1. The molecule has 1 N–H and O–H groups in total. The van der Waals surface area contributed by atoms with E-state index in [9.17, 15) is 4.79 Å². The van der Waals surface area contributed by atoms with E-state index < -0.39 is 0 Å². The van der Waals surface area contributed by atoms with Crippen molar-refractivity contribution in [1.29, 1.82) is 0 Å². The molecule has 5 rings (SSSR count). The van der Waals surface area contributed by atoms with Gasteiger partial charge in [0.1, 0.15) is 5.01 Å². The molecule has 0 saturated carbocycles. The highest BCUT2D eigenvalue weighted by Crippen LogP contribution is 2.34. The number of carbonyl (C=O) groups excluding carboxylic acids is 1. The molecular formula is C26H18N2OS. The average molecular weight is 407 g/mol. The monoisotopic (exact) mass is 406 g/mol. The lowest BCUT2D eigenvalue weighted by Gasteiger charge is -2.10. The summed E-state index contributed by atoms with van der Waals surface area (Å²) in [6.07, 6.45) is 0. The Hall–Kier alpha value is -3.76. The van der Waals surface area contributed by atoms with Gasteiger partial charge in [0.25, 0.3) is 5.91 Å². The van der Waals surface area contributed by atoms with Crippen LogP contribution in [0, 0.1) is 0 Å². The molecule has 0 unspecified atom stereocenters. The van der Waals surface area contributed by atoms with Crippen molar-refractivity contribution in [1.82, 2.24) is 4.98 Å². The number of nitrogens with one attached hydrogen (secondary N) is 1. The molecule has 1 amide bonds. The molecule has 0 aliphatic rings. The number of fused-ring (bicyclic) bond motifs is 1. The van der Waals surface area contributed by atoms with E-state index in [2.05, 4.69) is 23.5 Å². The second-order valence-corrected chi connectivity index (χ2v) is 7.96. The van der Waals surface area contributed by atoms with Crippen LogP contribution in [-0.2, 0) is 0 Å². The molecule has 3 nitrogen and oxygen atoms in total. The van der Waals surface area contributed by atoms with E-state index in [0.29, 0.717) is 5.56 Å². The maximum atomic E-state index is 12.9. The summed E-state index contributed by atoms with van der Waals surface area (Å²) >= 11 is 1.62. The second-order valence-electron chi connectivity index (χ2n) is 6.93. The zero-order valence-corrected chi connectivity index (χ0v) is 16.9. The van der Waals surface area contributed by atoms with Crippen LogP contribution in [0.25, 0.3) is 31.9 Å². The molecule has 0 spiro atoms. The fraction of sp³-hybridized carbons (Fsp3) is 0. The maximum Gasteiger partial charge on any atom is 0.255 e. The van der Waals surface area contributed by atoms with Crippen molar-refractivity contribution in [3.05, 3.63) is 109 Å². The first kappa shape index (κ1) is 18.3. The van der Waals surface area contributed by atoms with Gasteiger partial charge in [-0.25, -0.2) is 4.98 Å². The van der Waals surface area contributed by atoms with Gasteiger partial charge in [-0.2, -0.15) is 0 Å². The molecule has 1 aromatic heterocycles. The van der Waals surface area contributed by atoms with Gasteiger partial charge in [-0.15, -0.1) is 11.3 Å². The lowest BCUT2D eigenvalue weighted by atomic mass is 10.0. The van der Waals surface area contributed by atoms with Gasteiger partial charge in [0.2, 0.25) is 0 Å². The number of aromatic nitrogens is 1. The lowest BCUT2D eigenvalue weighted by molar-refractivity contribution is 0.102. The van der Waals surface area contributed by atoms with Crippen molar-refractivity contribution >= 4 is 33.1 Å². The van der Waals surface area contributed by atoms with Gasteiger partial charge in [-0.3, -0.25) is 4.79 Å². The third-order valence-corrected chi connectivity index (χ3v) is 6.02. The van der Waals surface area contributed by atoms with Crippen LogP contribution in [0.1, 0.15) is 10.4 Å². The van der Waals surface area contributed by atoms with Gasteiger partial charge in [0.05, 0.1) is 15.9 Å². The van der Waals surface area contributed by atoms with E-state index in [4.69, 9.17) is 4.98 Å². The van der Waals surface area contributed by atoms with Gasteiger partial charge >= 0.3 is 0 Å². The molecule has 0 aliphatic carbocycles. The number of amides is 1. The summed E-state index contributed by atoms with van der Waals surface area (Å²) in [5.74, 6) is -0.136. The van der Waals surface area contributed by atoms with Crippen molar-refractivity contribution in [2.45, 2.75) is 0 Å². The van der Waals surface area contributed by atoms with Crippen LogP contribution in [0.15, 0.2) is 103 Å². The van der Waals surface area contributed by atoms with Gasteiger partial charge in [0, 0.05) is 11.1 Å². The SMILES string of the molecule is O=C(Nc1ccccc1-c1nc2ccccc2s1)c1ccc(-c2ccccc2)cc1. The Morgan fingerprint density at radius 1 is 0.700 bits per heavy atom. The third-order valence-electron chi connectivity index (χ3n) is 4.95. The molecule has 0 aliphatic heterocycles. The molecule has 0 saturated heterocycles. The molecule has 4 heteroatoms. The summed E-state index contributed by atoms with van der Waals surface area (Å²) in [6.45, 7) is 0. The average Bonchev–Trinajstić information content (AvgIpc) is 3.24.